The van der Waals surface area contributed by atoms with E-state index >= 15 is 0 Å². The van der Waals surface area contributed by atoms with Gasteiger partial charge in [0, 0.05) is 13.1 Å². The summed E-state index contributed by atoms with van der Waals surface area (Å²) in [4.78, 5) is 4.75. The van der Waals surface area contributed by atoms with Crippen LogP contribution < -0.4 is 5.73 Å². The Morgan fingerprint density at radius 1 is 1.50 bits per heavy atom. The van der Waals surface area contributed by atoms with Gasteiger partial charge in [0.1, 0.15) is 5.82 Å². The lowest BCUT2D eigenvalue weighted by atomic mass is 9.77. The van der Waals surface area contributed by atoms with Gasteiger partial charge in [0.2, 0.25) is 5.90 Å². The zero-order valence-electron chi connectivity index (χ0n) is 13.1. The first-order valence-corrected chi connectivity index (χ1v) is 7.69. The number of imidazole rings is 1. The van der Waals surface area contributed by atoms with Gasteiger partial charge in [-0.05, 0) is 50.0 Å². The number of benzene rings is 1. The van der Waals surface area contributed by atoms with Gasteiger partial charge < -0.3 is 15.0 Å². The van der Waals surface area contributed by atoms with Gasteiger partial charge in [-0.25, -0.2) is 4.98 Å². The molecular weight excluding hydrogens is 276 g/mol. The molecule has 3 rings (SSSR count). The standard InChI is InChI=1S/C17H22N4O/c1-3-22-15(18)8-6-12-5-7-14-13(11-12)20-16(21(14)2)17(19)9-4-10-17/h5-8,11,18H,3-4,9-10,19H2,1-2H3/b8-6+,18-15?. The minimum atomic E-state index is -0.263. The molecule has 116 valence electrons. The van der Waals surface area contributed by atoms with E-state index in [1.807, 2.05) is 32.2 Å². The van der Waals surface area contributed by atoms with Gasteiger partial charge in [0.25, 0.3) is 0 Å². The highest BCUT2D eigenvalue weighted by molar-refractivity contribution is 5.90. The Labute approximate surface area is 130 Å². The van der Waals surface area contributed by atoms with Crippen molar-refractivity contribution >= 4 is 23.0 Å². The van der Waals surface area contributed by atoms with Crippen molar-refractivity contribution in [1.29, 1.82) is 5.41 Å². The van der Waals surface area contributed by atoms with Crippen molar-refractivity contribution in [3.8, 4) is 0 Å². The molecular formula is C17H22N4O. The lowest BCUT2D eigenvalue weighted by molar-refractivity contribution is 0.234. The highest BCUT2D eigenvalue weighted by atomic mass is 16.5. The first-order valence-electron chi connectivity index (χ1n) is 7.69. The Kier molecular flexibility index (Phi) is 3.74. The van der Waals surface area contributed by atoms with Crippen molar-refractivity contribution < 1.29 is 4.74 Å². The van der Waals surface area contributed by atoms with Crippen molar-refractivity contribution in [3.63, 3.8) is 0 Å². The van der Waals surface area contributed by atoms with Gasteiger partial charge in [-0.15, -0.1) is 0 Å². The van der Waals surface area contributed by atoms with E-state index in [9.17, 15) is 0 Å². The molecule has 1 fully saturated rings. The van der Waals surface area contributed by atoms with Crippen LogP contribution in [0.2, 0.25) is 0 Å². The van der Waals surface area contributed by atoms with Gasteiger partial charge in [-0.1, -0.05) is 6.07 Å². The molecule has 1 saturated carbocycles. The van der Waals surface area contributed by atoms with Crippen LogP contribution in [0.4, 0.5) is 0 Å². The third-order valence-corrected chi connectivity index (χ3v) is 4.32. The van der Waals surface area contributed by atoms with Crippen LogP contribution in [-0.2, 0) is 17.3 Å². The molecule has 22 heavy (non-hydrogen) atoms. The molecule has 0 atom stereocenters. The first-order chi connectivity index (χ1) is 10.5. The molecule has 5 nitrogen and oxygen atoms in total. The number of ether oxygens (including phenoxy) is 1. The third kappa shape index (κ3) is 2.52. The van der Waals surface area contributed by atoms with Crippen LogP contribution >= 0.6 is 0 Å². The molecule has 0 bridgehead atoms. The van der Waals surface area contributed by atoms with E-state index in [0.717, 1.165) is 35.3 Å². The number of aromatic nitrogens is 2. The SMILES string of the molecule is CCOC(=N)/C=C/c1ccc2c(c1)nc(C1(N)CCC1)n2C. The smallest absolute Gasteiger partial charge is 0.205 e. The maximum atomic E-state index is 7.61. The molecule has 3 N–H and O–H groups in total. The summed E-state index contributed by atoms with van der Waals surface area (Å²) in [6.45, 7) is 2.37. The molecule has 0 saturated heterocycles. The van der Waals surface area contributed by atoms with E-state index in [1.165, 1.54) is 6.42 Å². The molecule has 1 aromatic carbocycles. The van der Waals surface area contributed by atoms with Crippen molar-refractivity contribution in [1.82, 2.24) is 9.55 Å². The maximum Gasteiger partial charge on any atom is 0.205 e. The second-order valence-corrected chi connectivity index (χ2v) is 5.88. The predicted molar refractivity (Wildman–Crippen MR) is 88.8 cm³/mol. The quantitative estimate of drug-likeness (QED) is 0.673. The van der Waals surface area contributed by atoms with E-state index in [2.05, 4.69) is 10.6 Å². The molecule has 1 aromatic heterocycles. The Morgan fingerprint density at radius 2 is 2.27 bits per heavy atom. The highest BCUT2D eigenvalue weighted by Crippen LogP contribution is 2.39. The monoisotopic (exact) mass is 298 g/mol. The normalized spacial score (nSPS) is 16.9. The minimum Gasteiger partial charge on any atom is -0.478 e. The number of hydrogen-bond donors (Lipinski definition) is 2. The largest absolute Gasteiger partial charge is 0.478 e. The van der Waals surface area contributed by atoms with Crippen LogP contribution in [0.25, 0.3) is 17.1 Å². The number of fused-ring (bicyclic) bond motifs is 1. The molecule has 0 radical (unpaired) electrons. The van der Waals surface area contributed by atoms with Crippen LogP contribution in [0.15, 0.2) is 24.3 Å². The van der Waals surface area contributed by atoms with Crippen LogP contribution in [-0.4, -0.2) is 22.1 Å². The number of rotatable bonds is 4. The molecule has 0 unspecified atom stereocenters. The Hall–Kier alpha value is -2.14. The lowest BCUT2D eigenvalue weighted by Gasteiger charge is -2.37. The molecule has 1 heterocycles. The summed E-state index contributed by atoms with van der Waals surface area (Å²) in [7, 11) is 2.03. The summed E-state index contributed by atoms with van der Waals surface area (Å²) in [6.07, 6.45) is 6.70. The number of nitrogens with two attached hydrogens (primary N) is 1. The third-order valence-electron chi connectivity index (χ3n) is 4.32. The first kappa shape index (κ1) is 14.8. The van der Waals surface area contributed by atoms with Gasteiger partial charge in [0.05, 0.1) is 23.2 Å². The molecule has 1 aliphatic carbocycles. The summed E-state index contributed by atoms with van der Waals surface area (Å²) in [5.41, 5.74) is 9.19. The summed E-state index contributed by atoms with van der Waals surface area (Å²) < 4.78 is 7.20. The Bertz CT molecular complexity index is 740. The van der Waals surface area contributed by atoms with Crippen molar-refractivity contribution in [2.75, 3.05) is 6.61 Å². The van der Waals surface area contributed by atoms with Crippen molar-refractivity contribution in [3.05, 3.63) is 35.7 Å². The summed E-state index contributed by atoms with van der Waals surface area (Å²) in [6, 6.07) is 6.10. The van der Waals surface area contributed by atoms with Crippen LogP contribution in [0.1, 0.15) is 37.6 Å². The molecule has 0 amide bonds. The van der Waals surface area contributed by atoms with Gasteiger partial charge in [-0.3, -0.25) is 5.41 Å². The number of hydrogen-bond acceptors (Lipinski definition) is 4. The fraction of sp³-hybridized carbons (Fsp3) is 0.412. The summed E-state index contributed by atoms with van der Waals surface area (Å²) in [5.74, 6) is 1.14. The van der Waals surface area contributed by atoms with E-state index in [0.29, 0.717) is 6.61 Å². The van der Waals surface area contributed by atoms with Gasteiger partial charge in [-0.2, -0.15) is 0 Å². The average molecular weight is 298 g/mol. The lowest BCUT2D eigenvalue weighted by Crippen LogP contribution is -2.45. The van der Waals surface area contributed by atoms with Gasteiger partial charge >= 0.3 is 0 Å². The van der Waals surface area contributed by atoms with Crippen LogP contribution in [0.5, 0.6) is 0 Å². The van der Waals surface area contributed by atoms with E-state index < -0.39 is 0 Å². The van der Waals surface area contributed by atoms with Crippen LogP contribution in [0.3, 0.4) is 0 Å². The zero-order valence-corrected chi connectivity index (χ0v) is 13.1. The van der Waals surface area contributed by atoms with Gasteiger partial charge in [0.15, 0.2) is 0 Å². The Balaban J connectivity index is 1.92. The van der Waals surface area contributed by atoms with Crippen LogP contribution in [0, 0.1) is 5.41 Å². The molecule has 1 aliphatic rings. The van der Waals surface area contributed by atoms with Crippen molar-refractivity contribution in [2.24, 2.45) is 12.8 Å². The average Bonchev–Trinajstić information content (AvgIpc) is 2.80. The molecule has 2 aromatic rings. The number of nitrogens with zero attached hydrogens (tertiary/aromatic N) is 2. The minimum absolute atomic E-state index is 0.166. The van der Waals surface area contributed by atoms with E-state index in [4.69, 9.17) is 20.9 Å². The fourth-order valence-electron chi connectivity index (χ4n) is 2.92. The molecule has 0 spiro atoms. The topological polar surface area (TPSA) is 76.9 Å². The maximum absolute atomic E-state index is 7.61. The fourth-order valence-corrected chi connectivity index (χ4v) is 2.92. The Morgan fingerprint density at radius 3 is 2.91 bits per heavy atom. The number of nitrogens with one attached hydrogen (secondary N) is 1. The second kappa shape index (κ2) is 5.57. The zero-order chi connectivity index (χ0) is 15.7. The summed E-state index contributed by atoms with van der Waals surface area (Å²) >= 11 is 0. The molecule has 0 aliphatic heterocycles. The van der Waals surface area contributed by atoms with Crippen molar-refractivity contribution in [2.45, 2.75) is 31.7 Å². The predicted octanol–water partition coefficient (Wildman–Crippen LogP) is 2.94. The molecule has 5 heteroatoms. The van der Waals surface area contributed by atoms with E-state index in [-0.39, 0.29) is 11.4 Å². The summed E-state index contributed by atoms with van der Waals surface area (Å²) in [5, 5.41) is 7.61. The second-order valence-electron chi connectivity index (χ2n) is 5.88. The van der Waals surface area contributed by atoms with E-state index in [1.54, 1.807) is 6.08 Å². The number of aryl methyl sites for hydroxylation is 1. The highest BCUT2D eigenvalue weighted by Gasteiger charge is 2.38.